The zero-order valence-electron chi connectivity index (χ0n) is 10.1. The van der Waals surface area contributed by atoms with Crippen LogP contribution in [0.2, 0.25) is 0 Å². The molecule has 3 heteroatoms. The summed E-state index contributed by atoms with van der Waals surface area (Å²) >= 11 is 0. The SMILES string of the molecule is COCCCC(C)(C)CNCCOC. The van der Waals surface area contributed by atoms with Crippen molar-refractivity contribution in [3.63, 3.8) is 0 Å². The van der Waals surface area contributed by atoms with Crippen molar-refractivity contribution in [3.8, 4) is 0 Å². The van der Waals surface area contributed by atoms with Crippen LogP contribution in [0.15, 0.2) is 0 Å². The Morgan fingerprint density at radius 1 is 1.07 bits per heavy atom. The Hall–Kier alpha value is -0.120. The molecule has 0 rings (SSSR count). The van der Waals surface area contributed by atoms with Crippen LogP contribution in [0.1, 0.15) is 26.7 Å². The van der Waals surface area contributed by atoms with Gasteiger partial charge in [0.25, 0.3) is 0 Å². The molecule has 0 aliphatic rings. The van der Waals surface area contributed by atoms with Gasteiger partial charge in [0.2, 0.25) is 0 Å². The molecule has 0 aromatic carbocycles. The third-order valence-corrected chi connectivity index (χ3v) is 2.29. The second-order valence-corrected chi connectivity index (χ2v) is 4.43. The summed E-state index contributed by atoms with van der Waals surface area (Å²) in [6.07, 6.45) is 2.33. The summed E-state index contributed by atoms with van der Waals surface area (Å²) in [5.41, 5.74) is 0.353. The Balaban J connectivity index is 3.40. The third-order valence-electron chi connectivity index (χ3n) is 2.29. The van der Waals surface area contributed by atoms with Gasteiger partial charge < -0.3 is 14.8 Å². The Labute approximate surface area is 88.2 Å². The van der Waals surface area contributed by atoms with Crippen LogP contribution in [0.3, 0.4) is 0 Å². The molecule has 86 valence electrons. The first-order chi connectivity index (χ1) is 6.62. The van der Waals surface area contributed by atoms with Crippen molar-refractivity contribution < 1.29 is 9.47 Å². The molecular formula is C11H25NO2. The van der Waals surface area contributed by atoms with Crippen LogP contribution in [-0.4, -0.2) is 40.5 Å². The Morgan fingerprint density at radius 3 is 2.29 bits per heavy atom. The molecule has 0 atom stereocenters. The zero-order valence-corrected chi connectivity index (χ0v) is 10.1. The van der Waals surface area contributed by atoms with E-state index in [1.54, 1.807) is 14.2 Å². The standard InChI is InChI=1S/C11H25NO2/c1-11(2,6-5-8-13-3)10-12-7-9-14-4/h12H,5-10H2,1-4H3. The molecule has 3 nitrogen and oxygen atoms in total. The minimum absolute atomic E-state index is 0.353. The van der Waals surface area contributed by atoms with Gasteiger partial charge in [-0.1, -0.05) is 13.8 Å². The first-order valence-electron chi connectivity index (χ1n) is 5.31. The molecule has 0 heterocycles. The maximum absolute atomic E-state index is 5.04. The van der Waals surface area contributed by atoms with Crippen molar-refractivity contribution in [2.24, 2.45) is 5.41 Å². The average molecular weight is 203 g/mol. The highest BCUT2D eigenvalue weighted by atomic mass is 16.5. The van der Waals surface area contributed by atoms with Crippen molar-refractivity contribution in [3.05, 3.63) is 0 Å². The highest BCUT2D eigenvalue weighted by Gasteiger charge is 2.16. The number of hydrogen-bond acceptors (Lipinski definition) is 3. The summed E-state index contributed by atoms with van der Waals surface area (Å²) in [6, 6.07) is 0. The van der Waals surface area contributed by atoms with E-state index < -0.39 is 0 Å². The number of hydrogen-bond donors (Lipinski definition) is 1. The number of nitrogens with one attached hydrogen (secondary N) is 1. The molecule has 0 fully saturated rings. The molecule has 0 aliphatic carbocycles. The van der Waals surface area contributed by atoms with Gasteiger partial charge in [-0.15, -0.1) is 0 Å². The van der Waals surface area contributed by atoms with Crippen LogP contribution in [0.5, 0.6) is 0 Å². The molecule has 1 N–H and O–H groups in total. The Kier molecular flexibility index (Phi) is 8.14. The van der Waals surface area contributed by atoms with E-state index in [9.17, 15) is 0 Å². The molecule has 0 aromatic rings. The van der Waals surface area contributed by atoms with Crippen LogP contribution in [-0.2, 0) is 9.47 Å². The molecule has 0 bridgehead atoms. The van der Waals surface area contributed by atoms with Gasteiger partial charge in [-0.3, -0.25) is 0 Å². The normalized spacial score (nSPS) is 12.0. The molecule has 0 saturated carbocycles. The lowest BCUT2D eigenvalue weighted by molar-refractivity contribution is 0.169. The fourth-order valence-corrected chi connectivity index (χ4v) is 1.38. The smallest absolute Gasteiger partial charge is 0.0587 e. The molecular weight excluding hydrogens is 178 g/mol. The van der Waals surface area contributed by atoms with Crippen molar-refractivity contribution >= 4 is 0 Å². The first-order valence-corrected chi connectivity index (χ1v) is 5.31. The molecule has 14 heavy (non-hydrogen) atoms. The van der Waals surface area contributed by atoms with E-state index >= 15 is 0 Å². The number of ether oxygens (including phenoxy) is 2. The van der Waals surface area contributed by atoms with Gasteiger partial charge in [0.15, 0.2) is 0 Å². The topological polar surface area (TPSA) is 30.5 Å². The Morgan fingerprint density at radius 2 is 1.71 bits per heavy atom. The van der Waals surface area contributed by atoms with Crippen LogP contribution in [0, 0.1) is 5.41 Å². The van der Waals surface area contributed by atoms with Gasteiger partial charge in [0.05, 0.1) is 6.61 Å². The average Bonchev–Trinajstić information content (AvgIpc) is 2.13. The molecule has 0 amide bonds. The fraction of sp³-hybridized carbons (Fsp3) is 1.00. The fourth-order valence-electron chi connectivity index (χ4n) is 1.38. The highest BCUT2D eigenvalue weighted by Crippen LogP contribution is 2.20. The van der Waals surface area contributed by atoms with E-state index in [4.69, 9.17) is 9.47 Å². The summed E-state index contributed by atoms with van der Waals surface area (Å²) in [5.74, 6) is 0. The number of methoxy groups -OCH3 is 2. The highest BCUT2D eigenvalue weighted by molar-refractivity contribution is 4.71. The first kappa shape index (κ1) is 13.9. The molecule has 0 saturated heterocycles. The summed E-state index contributed by atoms with van der Waals surface area (Å²) in [5, 5.41) is 3.39. The monoisotopic (exact) mass is 203 g/mol. The third kappa shape index (κ3) is 8.48. The molecule has 0 radical (unpaired) electrons. The second-order valence-electron chi connectivity index (χ2n) is 4.43. The largest absolute Gasteiger partial charge is 0.385 e. The lowest BCUT2D eigenvalue weighted by Crippen LogP contribution is -2.31. The van der Waals surface area contributed by atoms with E-state index in [2.05, 4.69) is 19.2 Å². The Bertz CT molecular complexity index is 126. The minimum atomic E-state index is 0.353. The summed E-state index contributed by atoms with van der Waals surface area (Å²) in [6.45, 7) is 8.19. The predicted molar refractivity (Wildman–Crippen MR) is 59.6 cm³/mol. The second kappa shape index (κ2) is 8.21. The minimum Gasteiger partial charge on any atom is -0.385 e. The van der Waals surface area contributed by atoms with Crippen LogP contribution in [0.25, 0.3) is 0 Å². The predicted octanol–water partition coefficient (Wildman–Crippen LogP) is 1.68. The van der Waals surface area contributed by atoms with Crippen molar-refractivity contribution in [2.45, 2.75) is 26.7 Å². The molecule has 0 spiro atoms. The van der Waals surface area contributed by atoms with Crippen molar-refractivity contribution in [2.75, 3.05) is 40.5 Å². The lowest BCUT2D eigenvalue weighted by Gasteiger charge is -2.24. The van der Waals surface area contributed by atoms with Gasteiger partial charge in [0.1, 0.15) is 0 Å². The maximum Gasteiger partial charge on any atom is 0.0587 e. The van der Waals surface area contributed by atoms with Gasteiger partial charge >= 0.3 is 0 Å². The van der Waals surface area contributed by atoms with E-state index in [0.717, 1.165) is 32.7 Å². The van der Waals surface area contributed by atoms with Gasteiger partial charge in [-0.05, 0) is 18.3 Å². The van der Waals surface area contributed by atoms with Crippen LogP contribution in [0.4, 0.5) is 0 Å². The van der Waals surface area contributed by atoms with Crippen LogP contribution >= 0.6 is 0 Å². The van der Waals surface area contributed by atoms with Gasteiger partial charge in [0, 0.05) is 33.9 Å². The summed E-state index contributed by atoms with van der Waals surface area (Å²) < 4.78 is 10.0. The van der Waals surface area contributed by atoms with E-state index in [1.165, 1.54) is 6.42 Å². The molecule has 0 aromatic heterocycles. The van der Waals surface area contributed by atoms with E-state index in [1.807, 2.05) is 0 Å². The van der Waals surface area contributed by atoms with Crippen LogP contribution < -0.4 is 5.32 Å². The van der Waals surface area contributed by atoms with Crippen molar-refractivity contribution in [1.29, 1.82) is 0 Å². The molecule has 0 aliphatic heterocycles. The zero-order chi connectivity index (χ0) is 10.9. The van der Waals surface area contributed by atoms with E-state index in [-0.39, 0.29) is 0 Å². The summed E-state index contributed by atoms with van der Waals surface area (Å²) in [7, 11) is 3.48. The van der Waals surface area contributed by atoms with Gasteiger partial charge in [-0.25, -0.2) is 0 Å². The van der Waals surface area contributed by atoms with Gasteiger partial charge in [-0.2, -0.15) is 0 Å². The number of rotatable bonds is 9. The quantitative estimate of drug-likeness (QED) is 0.578. The summed E-state index contributed by atoms with van der Waals surface area (Å²) in [4.78, 5) is 0. The molecule has 0 unspecified atom stereocenters. The lowest BCUT2D eigenvalue weighted by atomic mass is 9.88. The van der Waals surface area contributed by atoms with Crippen molar-refractivity contribution in [1.82, 2.24) is 5.32 Å². The van der Waals surface area contributed by atoms with E-state index in [0.29, 0.717) is 5.41 Å². The maximum atomic E-state index is 5.04.